The highest BCUT2D eigenvalue weighted by atomic mass is 16.6. The summed E-state index contributed by atoms with van der Waals surface area (Å²) in [6.45, 7) is 6.78. The van der Waals surface area contributed by atoms with Crippen LogP contribution in [-0.4, -0.2) is 45.7 Å². The molecule has 3 rings (SSSR count). The molecule has 1 saturated heterocycles. The maximum atomic E-state index is 13.5. The van der Waals surface area contributed by atoms with Crippen LogP contribution in [0.5, 0.6) is 0 Å². The predicted octanol–water partition coefficient (Wildman–Crippen LogP) is 5.29. The standard InChI is InChI=1S/C27H31NO5/c1-5-28(26(32)33-27(2,3)4)23(25(30)31)18-21(24(28)29)16-17-22(19-12-8-6-9-13-19)20-14-10-7-11-15-20/h6-16,22-23H,5,17-18H2,1-4H3/p+1/b21-16-/t23-,28?/m0/s1. The third-order valence-electron chi connectivity index (χ3n) is 6.09. The summed E-state index contributed by atoms with van der Waals surface area (Å²) < 4.78 is 4.65. The average Bonchev–Trinajstić information content (AvgIpc) is 3.07. The number of aliphatic carboxylic acids is 1. The minimum absolute atomic E-state index is 0.00151. The molecule has 0 radical (unpaired) electrons. The van der Waals surface area contributed by atoms with E-state index in [-0.39, 0.29) is 18.9 Å². The second kappa shape index (κ2) is 9.71. The number of carboxylic acid groups (broad SMARTS) is 1. The van der Waals surface area contributed by atoms with Crippen LogP contribution in [0, 0.1) is 0 Å². The van der Waals surface area contributed by atoms with Crippen LogP contribution >= 0.6 is 0 Å². The number of benzene rings is 2. The van der Waals surface area contributed by atoms with Gasteiger partial charge in [0.1, 0.15) is 5.60 Å². The van der Waals surface area contributed by atoms with E-state index in [0.717, 1.165) is 11.1 Å². The molecule has 0 saturated carbocycles. The fraction of sp³-hybridized carbons (Fsp3) is 0.370. The van der Waals surface area contributed by atoms with Crippen LogP contribution in [-0.2, 0) is 14.3 Å². The van der Waals surface area contributed by atoms with Gasteiger partial charge in [0.15, 0.2) is 0 Å². The summed E-state index contributed by atoms with van der Waals surface area (Å²) in [6, 6.07) is 18.8. The van der Waals surface area contributed by atoms with Gasteiger partial charge in [-0.05, 0) is 45.2 Å². The smallest absolute Gasteiger partial charge is 0.477 e. The van der Waals surface area contributed by atoms with Gasteiger partial charge in [-0.15, -0.1) is 4.48 Å². The first-order valence-electron chi connectivity index (χ1n) is 11.3. The van der Waals surface area contributed by atoms with Crippen molar-refractivity contribution in [2.75, 3.05) is 6.54 Å². The second-order valence-corrected chi connectivity index (χ2v) is 9.37. The van der Waals surface area contributed by atoms with E-state index in [1.807, 2.05) is 66.7 Å². The zero-order valence-electron chi connectivity index (χ0n) is 19.7. The summed E-state index contributed by atoms with van der Waals surface area (Å²) in [4.78, 5) is 38.7. The Morgan fingerprint density at radius 3 is 2.00 bits per heavy atom. The van der Waals surface area contributed by atoms with Gasteiger partial charge in [0, 0.05) is 12.3 Å². The molecule has 0 aliphatic carbocycles. The number of likely N-dealkylation sites (N-methyl/N-ethyl adjacent to an activating group) is 1. The van der Waals surface area contributed by atoms with Gasteiger partial charge < -0.3 is 9.84 Å². The van der Waals surface area contributed by atoms with Gasteiger partial charge in [0.2, 0.25) is 6.04 Å². The number of nitrogens with zero attached hydrogens (tertiary/aromatic N) is 1. The molecule has 174 valence electrons. The van der Waals surface area contributed by atoms with E-state index >= 15 is 0 Å². The molecule has 2 amide bonds. The number of allylic oxidation sites excluding steroid dienone is 1. The number of likely N-dealkylation sites (tertiary alicyclic amines) is 1. The maximum absolute atomic E-state index is 13.5. The molecule has 2 aromatic rings. The summed E-state index contributed by atoms with van der Waals surface area (Å²) >= 11 is 0. The van der Waals surface area contributed by atoms with E-state index < -0.39 is 34.1 Å². The lowest BCUT2D eigenvalue weighted by molar-refractivity contribution is -0.789. The fourth-order valence-corrected chi connectivity index (χ4v) is 4.44. The highest BCUT2D eigenvalue weighted by Crippen LogP contribution is 2.37. The van der Waals surface area contributed by atoms with E-state index in [9.17, 15) is 19.5 Å². The van der Waals surface area contributed by atoms with E-state index in [4.69, 9.17) is 4.74 Å². The van der Waals surface area contributed by atoms with Crippen LogP contribution in [0.3, 0.4) is 0 Å². The Labute approximate surface area is 195 Å². The van der Waals surface area contributed by atoms with Crippen LogP contribution in [0.4, 0.5) is 4.79 Å². The molecular formula is C27H32NO5+. The van der Waals surface area contributed by atoms with Crippen LogP contribution in [0.15, 0.2) is 72.3 Å². The number of imide groups is 1. The monoisotopic (exact) mass is 450 g/mol. The van der Waals surface area contributed by atoms with Crippen molar-refractivity contribution in [1.82, 2.24) is 0 Å². The van der Waals surface area contributed by atoms with Gasteiger partial charge in [-0.1, -0.05) is 66.7 Å². The lowest BCUT2D eigenvalue weighted by Crippen LogP contribution is -2.62. The van der Waals surface area contributed by atoms with Crippen molar-refractivity contribution in [3.8, 4) is 0 Å². The molecule has 0 bridgehead atoms. The average molecular weight is 451 g/mol. The molecule has 33 heavy (non-hydrogen) atoms. The minimum atomic E-state index is -1.20. The number of quaternary nitrogens is 1. The first-order valence-corrected chi connectivity index (χ1v) is 11.3. The van der Waals surface area contributed by atoms with Gasteiger partial charge in [-0.25, -0.2) is 9.59 Å². The van der Waals surface area contributed by atoms with E-state index in [1.54, 1.807) is 27.7 Å². The first kappa shape index (κ1) is 24.4. The molecule has 1 aliphatic heterocycles. The number of carboxylic acids is 1. The van der Waals surface area contributed by atoms with Crippen LogP contribution in [0.25, 0.3) is 0 Å². The summed E-state index contributed by atoms with van der Waals surface area (Å²) in [5.41, 5.74) is 1.74. The molecule has 1 fully saturated rings. The van der Waals surface area contributed by atoms with Crippen LogP contribution in [0.2, 0.25) is 0 Å². The summed E-state index contributed by atoms with van der Waals surface area (Å²) in [5, 5.41) is 9.89. The van der Waals surface area contributed by atoms with Gasteiger partial charge >= 0.3 is 18.0 Å². The van der Waals surface area contributed by atoms with Gasteiger partial charge in [-0.3, -0.25) is 0 Å². The highest BCUT2D eigenvalue weighted by Gasteiger charge is 2.62. The third-order valence-corrected chi connectivity index (χ3v) is 6.09. The van der Waals surface area contributed by atoms with Gasteiger partial charge in [0.25, 0.3) is 0 Å². The molecule has 1 aliphatic rings. The second-order valence-electron chi connectivity index (χ2n) is 9.37. The maximum Gasteiger partial charge on any atom is 0.525 e. The number of carbonyl (C=O) groups excluding carboxylic acids is 2. The van der Waals surface area contributed by atoms with Crippen molar-refractivity contribution in [2.45, 2.75) is 58.1 Å². The zero-order chi connectivity index (χ0) is 24.2. The summed E-state index contributed by atoms with van der Waals surface area (Å²) in [6.07, 6.45) is 1.51. The number of rotatable bonds is 6. The minimum Gasteiger partial charge on any atom is -0.477 e. The number of hydrogen-bond donors (Lipinski definition) is 1. The van der Waals surface area contributed by atoms with Gasteiger partial charge in [-0.2, -0.15) is 4.79 Å². The number of ether oxygens (including phenoxy) is 1. The Hall–Kier alpha value is -3.25. The van der Waals surface area contributed by atoms with Crippen molar-refractivity contribution >= 4 is 18.0 Å². The van der Waals surface area contributed by atoms with E-state index in [0.29, 0.717) is 12.0 Å². The Balaban J connectivity index is 1.98. The highest BCUT2D eigenvalue weighted by molar-refractivity contribution is 5.99. The van der Waals surface area contributed by atoms with Crippen LogP contribution < -0.4 is 0 Å². The van der Waals surface area contributed by atoms with Crippen molar-refractivity contribution < 1.29 is 28.7 Å². The van der Waals surface area contributed by atoms with Crippen LogP contribution in [0.1, 0.15) is 57.6 Å². The van der Waals surface area contributed by atoms with Crippen molar-refractivity contribution in [1.29, 1.82) is 0 Å². The van der Waals surface area contributed by atoms with Crippen molar-refractivity contribution in [3.63, 3.8) is 0 Å². The Morgan fingerprint density at radius 2 is 1.58 bits per heavy atom. The molecule has 1 heterocycles. The lowest BCUT2D eigenvalue weighted by Gasteiger charge is -2.32. The molecule has 1 unspecified atom stereocenters. The predicted molar refractivity (Wildman–Crippen MR) is 126 cm³/mol. The summed E-state index contributed by atoms with van der Waals surface area (Å²) in [7, 11) is 0. The third kappa shape index (κ3) is 5.06. The SMILES string of the molecule is CC[N+]1(C(=O)OC(C)(C)C)C(=O)/C(=C\CC(c2ccccc2)c2ccccc2)C[C@H]1C(=O)O. The van der Waals surface area contributed by atoms with E-state index in [2.05, 4.69) is 0 Å². The van der Waals surface area contributed by atoms with E-state index in [1.165, 1.54) is 0 Å². The first-order chi connectivity index (χ1) is 15.6. The lowest BCUT2D eigenvalue weighted by atomic mass is 9.88. The fourth-order valence-electron chi connectivity index (χ4n) is 4.44. The molecule has 2 aromatic carbocycles. The molecule has 2 atom stereocenters. The van der Waals surface area contributed by atoms with Gasteiger partial charge in [0.05, 0.1) is 12.1 Å². The molecule has 0 aromatic heterocycles. The summed E-state index contributed by atoms with van der Waals surface area (Å²) in [5.74, 6) is -1.66. The molecule has 1 N–H and O–H groups in total. The molecule has 6 nitrogen and oxygen atoms in total. The Bertz CT molecular complexity index is 1000. The molecular weight excluding hydrogens is 418 g/mol. The Morgan fingerprint density at radius 1 is 1.06 bits per heavy atom. The van der Waals surface area contributed by atoms with Crippen molar-refractivity contribution in [2.24, 2.45) is 0 Å². The molecule has 0 spiro atoms. The largest absolute Gasteiger partial charge is 0.525 e. The number of carbonyl (C=O) groups is 3. The Kier molecular flexibility index (Phi) is 7.18. The normalized spacial score (nSPS) is 22.0. The quantitative estimate of drug-likeness (QED) is 0.478. The number of amides is 2. The zero-order valence-corrected chi connectivity index (χ0v) is 19.7. The van der Waals surface area contributed by atoms with Crippen molar-refractivity contribution in [3.05, 3.63) is 83.4 Å². The molecule has 6 heteroatoms. The number of hydrogen-bond acceptors (Lipinski definition) is 4. The topological polar surface area (TPSA) is 80.7 Å².